The molecule has 1 aliphatic heterocycles. The predicted octanol–water partition coefficient (Wildman–Crippen LogP) is 4.33. The van der Waals surface area contributed by atoms with Crippen LogP contribution in [0.3, 0.4) is 0 Å². The summed E-state index contributed by atoms with van der Waals surface area (Å²) in [7, 11) is 1.57. The summed E-state index contributed by atoms with van der Waals surface area (Å²) in [5.41, 5.74) is 0.521. The smallest absolute Gasteiger partial charge is 0.380 e. The number of carbonyl (C=O) groups is 1. The number of likely N-dealkylation sites (tertiary alicyclic amines) is 1. The molecule has 1 aliphatic rings. The summed E-state index contributed by atoms with van der Waals surface area (Å²) in [5, 5.41) is 1.49. The minimum atomic E-state index is -4.43. The van der Waals surface area contributed by atoms with E-state index in [-0.39, 0.29) is 11.8 Å². The van der Waals surface area contributed by atoms with Crippen molar-refractivity contribution >= 4 is 17.2 Å². The molecule has 140 valence electrons. The molecule has 0 radical (unpaired) electrons. The number of rotatable bonds is 4. The van der Waals surface area contributed by atoms with E-state index in [1.807, 2.05) is 12.1 Å². The van der Waals surface area contributed by atoms with Gasteiger partial charge in [0.2, 0.25) is 0 Å². The standard InChI is InChI=1S/C18H19F3N2O2S/c1-25-10-13-5-2-3-7-14(13)17(24)23-8-4-6-12(9-23)16-22-15(11-26-16)18(19,20)21/h2-3,5,7,11-12H,4,6,8-10H2,1H3. The van der Waals surface area contributed by atoms with Crippen LogP contribution >= 0.6 is 11.3 Å². The van der Waals surface area contributed by atoms with Crippen LogP contribution in [0.4, 0.5) is 13.2 Å². The highest BCUT2D eigenvalue weighted by atomic mass is 32.1. The van der Waals surface area contributed by atoms with Gasteiger partial charge >= 0.3 is 6.18 Å². The number of nitrogens with zero attached hydrogens (tertiary/aromatic N) is 2. The molecular formula is C18H19F3N2O2S. The molecule has 1 atom stereocenters. The molecule has 1 aromatic heterocycles. The largest absolute Gasteiger partial charge is 0.434 e. The van der Waals surface area contributed by atoms with E-state index in [2.05, 4.69) is 4.98 Å². The SMILES string of the molecule is COCc1ccccc1C(=O)N1CCCC(c2nc(C(F)(F)F)cs2)C1. The molecule has 1 aromatic carbocycles. The van der Waals surface area contributed by atoms with Crippen molar-refractivity contribution in [3.05, 3.63) is 51.5 Å². The first-order valence-corrected chi connectivity index (χ1v) is 9.17. The number of aromatic nitrogens is 1. The van der Waals surface area contributed by atoms with Crippen molar-refractivity contribution in [1.29, 1.82) is 0 Å². The van der Waals surface area contributed by atoms with Crippen LogP contribution in [0, 0.1) is 0 Å². The number of hydrogen-bond acceptors (Lipinski definition) is 4. The van der Waals surface area contributed by atoms with Crippen LogP contribution in [-0.2, 0) is 17.5 Å². The van der Waals surface area contributed by atoms with E-state index < -0.39 is 11.9 Å². The predicted molar refractivity (Wildman–Crippen MR) is 92.1 cm³/mol. The van der Waals surface area contributed by atoms with Crippen molar-refractivity contribution in [3.8, 4) is 0 Å². The summed E-state index contributed by atoms with van der Waals surface area (Å²) < 4.78 is 43.5. The van der Waals surface area contributed by atoms with Crippen LogP contribution < -0.4 is 0 Å². The van der Waals surface area contributed by atoms with Crippen molar-refractivity contribution in [2.24, 2.45) is 0 Å². The fourth-order valence-electron chi connectivity index (χ4n) is 3.15. The Hall–Kier alpha value is -1.93. The topological polar surface area (TPSA) is 42.4 Å². The molecule has 1 fully saturated rings. The molecule has 1 amide bonds. The number of piperidine rings is 1. The number of benzene rings is 1. The highest BCUT2D eigenvalue weighted by Crippen LogP contribution is 2.35. The molecule has 8 heteroatoms. The van der Waals surface area contributed by atoms with Crippen molar-refractivity contribution in [2.45, 2.75) is 31.5 Å². The quantitative estimate of drug-likeness (QED) is 0.788. The zero-order chi connectivity index (χ0) is 18.7. The number of halogens is 3. The lowest BCUT2D eigenvalue weighted by atomic mass is 9.97. The number of ether oxygens (including phenoxy) is 1. The zero-order valence-corrected chi connectivity index (χ0v) is 15.1. The lowest BCUT2D eigenvalue weighted by Gasteiger charge is -2.32. The fraction of sp³-hybridized carbons (Fsp3) is 0.444. The molecule has 1 unspecified atom stereocenters. The first-order chi connectivity index (χ1) is 12.4. The van der Waals surface area contributed by atoms with Gasteiger partial charge in [0.1, 0.15) is 0 Å². The van der Waals surface area contributed by atoms with E-state index >= 15 is 0 Å². The van der Waals surface area contributed by atoms with Crippen LogP contribution in [0.1, 0.15) is 45.4 Å². The van der Waals surface area contributed by atoms with Gasteiger partial charge in [-0.2, -0.15) is 13.2 Å². The first kappa shape index (κ1) is 18.8. The van der Waals surface area contributed by atoms with Crippen molar-refractivity contribution in [1.82, 2.24) is 9.88 Å². The van der Waals surface area contributed by atoms with Crippen molar-refractivity contribution in [3.63, 3.8) is 0 Å². The molecule has 26 heavy (non-hydrogen) atoms. The summed E-state index contributed by atoms with van der Waals surface area (Å²) in [6.07, 6.45) is -2.96. The highest BCUT2D eigenvalue weighted by Gasteiger charge is 2.35. The van der Waals surface area contributed by atoms with Gasteiger partial charge in [0.15, 0.2) is 5.69 Å². The third-order valence-electron chi connectivity index (χ3n) is 4.42. The van der Waals surface area contributed by atoms with E-state index in [4.69, 9.17) is 4.74 Å². The number of hydrogen-bond donors (Lipinski definition) is 0. The lowest BCUT2D eigenvalue weighted by molar-refractivity contribution is -0.140. The molecule has 0 spiro atoms. The van der Waals surface area contributed by atoms with Crippen molar-refractivity contribution in [2.75, 3.05) is 20.2 Å². The Morgan fingerprint density at radius 3 is 2.85 bits per heavy atom. The fourth-order valence-corrected chi connectivity index (χ4v) is 4.10. The Labute approximate surface area is 153 Å². The Balaban J connectivity index is 1.76. The summed E-state index contributed by atoms with van der Waals surface area (Å²) in [4.78, 5) is 18.4. The molecule has 2 aromatic rings. The summed E-state index contributed by atoms with van der Waals surface area (Å²) in [6.45, 7) is 1.31. The van der Waals surface area contributed by atoms with Gasteiger partial charge in [-0.15, -0.1) is 11.3 Å². The molecule has 1 saturated heterocycles. The van der Waals surface area contributed by atoms with E-state index in [0.717, 1.165) is 35.1 Å². The Morgan fingerprint density at radius 1 is 1.38 bits per heavy atom. The Morgan fingerprint density at radius 2 is 2.15 bits per heavy atom. The second kappa shape index (κ2) is 7.75. The molecule has 4 nitrogen and oxygen atoms in total. The Bertz CT molecular complexity index is 776. The minimum absolute atomic E-state index is 0.116. The molecule has 0 bridgehead atoms. The summed E-state index contributed by atoms with van der Waals surface area (Å²) >= 11 is 1.01. The van der Waals surface area contributed by atoms with Gasteiger partial charge in [-0.25, -0.2) is 4.98 Å². The monoisotopic (exact) mass is 384 g/mol. The number of thiazole rings is 1. The number of carbonyl (C=O) groups excluding carboxylic acids is 1. The van der Waals surface area contributed by atoms with E-state index in [1.165, 1.54) is 0 Å². The van der Waals surface area contributed by atoms with Gasteiger partial charge in [0.05, 0.1) is 11.6 Å². The van der Waals surface area contributed by atoms with E-state index in [1.54, 1.807) is 24.1 Å². The summed E-state index contributed by atoms with van der Waals surface area (Å²) in [5.74, 6) is -0.279. The lowest BCUT2D eigenvalue weighted by Crippen LogP contribution is -2.39. The van der Waals surface area contributed by atoms with Gasteiger partial charge in [0, 0.05) is 37.1 Å². The number of alkyl halides is 3. The average molecular weight is 384 g/mol. The van der Waals surface area contributed by atoms with Gasteiger partial charge < -0.3 is 9.64 Å². The molecule has 2 heterocycles. The van der Waals surface area contributed by atoms with Crippen LogP contribution in [0.5, 0.6) is 0 Å². The molecule has 0 saturated carbocycles. The molecular weight excluding hydrogens is 365 g/mol. The zero-order valence-electron chi connectivity index (χ0n) is 14.3. The third kappa shape index (κ3) is 4.07. The van der Waals surface area contributed by atoms with Crippen LogP contribution in [0.15, 0.2) is 29.6 Å². The first-order valence-electron chi connectivity index (χ1n) is 8.29. The normalized spacial score (nSPS) is 18.2. The Kier molecular flexibility index (Phi) is 5.62. The van der Waals surface area contributed by atoms with Crippen molar-refractivity contribution < 1.29 is 22.7 Å². The van der Waals surface area contributed by atoms with Gasteiger partial charge in [-0.05, 0) is 24.5 Å². The van der Waals surface area contributed by atoms with Gasteiger partial charge in [0.25, 0.3) is 5.91 Å². The second-order valence-electron chi connectivity index (χ2n) is 6.25. The van der Waals surface area contributed by atoms with Gasteiger partial charge in [-0.3, -0.25) is 4.79 Å². The number of amides is 1. The van der Waals surface area contributed by atoms with Gasteiger partial charge in [-0.1, -0.05) is 18.2 Å². The molecule has 0 N–H and O–H groups in total. The molecule has 0 aliphatic carbocycles. The second-order valence-corrected chi connectivity index (χ2v) is 7.14. The third-order valence-corrected chi connectivity index (χ3v) is 5.43. The maximum atomic E-state index is 12.9. The number of methoxy groups -OCH3 is 1. The average Bonchev–Trinajstić information content (AvgIpc) is 3.13. The maximum absolute atomic E-state index is 12.9. The highest BCUT2D eigenvalue weighted by molar-refractivity contribution is 7.09. The maximum Gasteiger partial charge on any atom is 0.434 e. The van der Waals surface area contributed by atoms with E-state index in [0.29, 0.717) is 30.3 Å². The van der Waals surface area contributed by atoms with Crippen LogP contribution in [-0.4, -0.2) is 36.0 Å². The summed E-state index contributed by atoms with van der Waals surface area (Å²) in [6, 6.07) is 7.24. The molecule has 3 rings (SSSR count). The van der Waals surface area contributed by atoms with Crippen LogP contribution in [0.2, 0.25) is 0 Å². The van der Waals surface area contributed by atoms with Crippen LogP contribution in [0.25, 0.3) is 0 Å². The minimum Gasteiger partial charge on any atom is -0.380 e. The van der Waals surface area contributed by atoms with E-state index in [9.17, 15) is 18.0 Å².